The summed E-state index contributed by atoms with van der Waals surface area (Å²) in [6.45, 7) is 2.00. The summed E-state index contributed by atoms with van der Waals surface area (Å²) < 4.78 is 76.6. The second kappa shape index (κ2) is 35.4. The van der Waals surface area contributed by atoms with Crippen LogP contribution < -0.4 is 0 Å². The highest BCUT2D eigenvalue weighted by atomic mass is 19.2. The van der Waals surface area contributed by atoms with Gasteiger partial charge in [0.25, 0.3) is 0 Å². The van der Waals surface area contributed by atoms with E-state index in [1.807, 2.05) is 36.4 Å². The summed E-state index contributed by atoms with van der Waals surface area (Å²) in [5.41, 5.74) is 0. The molecular weight excluding hydrogens is 695 g/mol. The Kier molecular flexibility index (Phi) is 31.1. The Bertz CT molecular complexity index is 1380. The summed E-state index contributed by atoms with van der Waals surface area (Å²) in [4.78, 5) is 0. The van der Waals surface area contributed by atoms with Crippen molar-refractivity contribution in [2.24, 2.45) is 0 Å². The molecular formula is C47H56F6O. The Morgan fingerprint density at radius 3 is 0.778 bits per heavy atom. The van der Waals surface area contributed by atoms with Crippen molar-refractivity contribution in [3.8, 4) is 0 Å². The molecule has 1 saturated carbocycles. The Hall–Kier alpha value is -4.62. The molecule has 1 saturated heterocycles. The number of allylic oxidation sites excluding steroid dienone is 2. The minimum absolute atomic E-state index is 0.178. The van der Waals surface area contributed by atoms with E-state index in [9.17, 15) is 26.3 Å². The fourth-order valence-corrected chi connectivity index (χ4v) is 4.62. The van der Waals surface area contributed by atoms with E-state index in [0.717, 1.165) is 31.4 Å². The lowest BCUT2D eigenvalue weighted by Gasteiger charge is -2.08. The van der Waals surface area contributed by atoms with E-state index in [-0.39, 0.29) is 11.6 Å². The standard InChI is InChI=1S/2C6H4F2.2C6H5F.C6H12.C6H10.C6H6.C5H10O/c7-5-2-1-3-6(8)4-5;7-5-3-1-2-4-6(5)8;2*7-6-4-2-1-3-5-6;4*1-2-4-6-5-3-1/h2*1-4H;2*1-5H;1-6H2;1-2H,3-6H2;1-6H;1-5H2. The lowest BCUT2D eigenvalue weighted by molar-refractivity contribution is 0.0968. The first kappa shape index (κ1) is 47.4. The monoisotopic (exact) mass is 750 g/mol. The van der Waals surface area contributed by atoms with Gasteiger partial charge in [0.1, 0.15) is 23.3 Å². The van der Waals surface area contributed by atoms with Crippen LogP contribution in [0.15, 0.2) is 158 Å². The summed E-state index contributed by atoms with van der Waals surface area (Å²) in [5.74, 6) is -3.03. The van der Waals surface area contributed by atoms with Gasteiger partial charge < -0.3 is 4.74 Å². The molecule has 5 aromatic rings. The van der Waals surface area contributed by atoms with E-state index in [0.29, 0.717) is 0 Å². The smallest absolute Gasteiger partial charge is 0.158 e. The number of rotatable bonds is 0. The van der Waals surface area contributed by atoms with Crippen LogP contribution in [0.2, 0.25) is 0 Å². The van der Waals surface area contributed by atoms with Crippen molar-refractivity contribution >= 4 is 0 Å². The maximum absolute atomic E-state index is 11.9. The predicted molar refractivity (Wildman–Crippen MR) is 212 cm³/mol. The van der Waals surface area contributed by atoms with E-state index in [4.69, 9.17) is 4.74 Å². The Balaban J connectivity index is 0.000000309. The number of benzene rings is 5. The van der Waals surface area contributed by atoms with Gasteiger partial charge in [-0.1, -0.05) is 142 Å². The molecule has 0 N–H and O–H groups in total. The third-order valence-corrected chi connectivity index (χ3v) is 7.48. The van der Waals surface area contributed by atoms with Gasteiger partial charge in [-0.2, -0.15) is 0 Å². The zero-order chi connectivity index (χ0) is 39.2. The summed E-state index contributed by atoms with van der Waals surface area (Å²) in [6, 6.07) is 37.5. The summed E-state index contributed by atoms with van der Waals surface area (Å²) in [5, 5.41) is 0. The molecule has 0 spiro atoms. The molecule has 1 heterocycles. The third-order valence-electron chi connectivity index (χ3n) is 7.48. The minimum atomic E-state index is -0.799. The zero-order valence-electron chi connectivity index (χ0n) is 31.3. The van der Waals surface area contributed by atoms with E-state index in [2.05, 4.69) is 12.2 Å². The normalized spacial score (nSPS) is 13.6. The van der Waals surface area contributed by atoms with Crippen molar-refractivity contribution in [1.82, 2.24) is 0 Å². The zero-order valence-corrected chi connectivity index (χ0v) is 31.3. The molecule has 5 aromatic carbocycles. The molecule has 3 aliphatic rings. The van der Waals surface area contributed by atoms with E-state index >= 15 is 0 Å². The second-order valence-corrected chi connectivity index (χ2v) is 12.2. The fourth-order valence-electron chi connectivity index (χ4n) is 4.62. The first-order chi connectivity index (χ1) is 26.4. The Morgan fingerprint density at radius 2 is 0.593 bits per heavy atom. The molecule has 0 bridgehead atoms. The van der Waals surface area contributed by atoms with Crippen LogP contribution in [0.25, 0.3) is 0 Å². The molecule has 8 rings (SSSR count). The van der Waals surface area contributed by atoms with Crippen LogP contribution in [0.1, 0.15) is 83.5 Å². The Labute approximate surface area is 319 Å². The van der Waals surface area contributed by atoms with Crippen LogP contribution in [-0.4, -0.2) is 13.2 Å². The highest BCUT2D eigenvalue weighted by Crippen LogP contribution is 2.15. The summed E-state index contributed by atoms with van der Waals surface area (Å²) in [6.07, 6.45) is 22.9. The van der Waals surface area contributed by atoms with Crippen molar-refractivity contribution in [1.29, 1.82) is 0 Å². The molecule has 0 atom stereocenters. The Morgan fingerprint density at radius 1 is 0.296 bits per heavy atom. The number of halogens is 6. The first-order valence-corrected chi connectivity index (χ1v) is 18.8. The van der Waals surface area contributed by atoms with Gasteiger partial charge in [0.2, 0.25) is 0 Å². The highest BCUT2D eigenvalue weighted by molar-refractivity contribution is 5.06. The third kappa shape index (κ3) is 32.1. The molecule has 0 aromatic heterocycles. The molecule has 0 unspecified atom stereocenters. The van der Waals surface area contributed by atoms with E-state index in [1.165, 1.54) is 138 Å². The largest absolute Gasteiger partial charge is 0.381 e. The lowest BCUT2D eigenvalue weighted by atomic mass is 10.0. The maximum atomic E-state index is 11.9. The van der Waals surface area contributed by atoms with Crippen LogP contribution in [0.4, 0.5) is 26.3 Å². The average molecular weight is 751 g/mol. The average Bonchev–Trinajstić information content (AvgIpc) is 3.24. The lowest BCUT2D eigenvalue weighted by Crippen LogP contribution is -2.03. The van der Waals surface area contributed by atoms with Crippen molar-refractivity contribution < 1.29 is 31.1 Å². The van der Waals surface area contributed by atoms with Crippen LogP contribution >= 0.6 is 0 Å². The quantitative estimate of drug-likeness (QED) is 0.113. The molecule has 7 heteroatoms. The molecule has 292 valence electrons. The van der Waals surface area contributed by atoms with Gasteiger partial charge in [0, 0.05) is 19.3 Å². The van der Waals surface area contributed by atoms with E-state index < -0.39 is 23.3 Å². The second-order valence-electron chi connectivity index (χ2n) is 12.2. The highest BCUT2D eigenvalue weighted by Gasteiger charge is 1.96. The van der Waals surface area contributed by atoms with Crippen LogP contribution in [-0.2, 0) is 4.74 Å². The van der Waals surface area contributed by atoms with Crippen molar-refractivity contribution in [2.45, 2.75) is 83.5 Å². The van der Waals surface area contributed by atoms with Crippen LogP contribution in [0.3, 0.4) is 0 Å². The summed E-state index contributed by atoms with van der Waals surface area (Å²) >= 11 is 0. The first-order valence-electron chi connectivity index (χ1n) is 18.8. The van der Waals surface area contributed by atoms with Gasteiger partial charge in [-0.3, -0.25) is 0 Å². The van der Waals surface area contributed by atoms with Gasteiger partial charge in [0.15, 0.2) is 11.6 Å². The van der Waals surface area contributed by atoms with Gasteiger partial charge in [-0.15, -0.1) is 0 Å². The maximum Gasteiger partial charge on any atom is 0.158 e. The molecule has 0 amide bonds. The van der Waals surface area contributed by atoms with Crippen molar-refractivity contribution in [3.63, 3.8) is 0 Å². The molecule has 1 aliphatic heterocycles. The van der Waals surface area contributed by atoms with E-state index in [1.54, 1.807) is 36.4 Å². The predicted octanol–water partition coefficient (Wildman–Crippen LogP) is 14.9. The van der Waals surface area contributed by atoms with Gasteiger partial charge >= 0.3 is 0 Å². The number of hydrogen-bond acceptors (Lipinski definition) is 1. The number of hydrogen-bond donors (Lipinski definition) is 0. The number of ether oxygens (including phenoxy) is 1. The summed E-state index contributed by atoms with van der Waals surface area (Å²) in [7, 11) is 0. The van der Waals surface area contributed by atoms with Gasteiger partial charge in [0.05, 0.1) is 0 Å². The molecule has 1 nitrogen and oxygen atoms in total. The van der Waals surface area contributed by atoms with Crippen LogP contribution in [0, 0.1) is 34.9 Å². The fraction of sp³-hybridized carbons (Fsp3) is 0.319. The molecule has 2 fully saturated rings. The SMILES string of the molecule is C1=CCCCC1.C1CCCCC1.C1CCOCC1.Fc1cccc(F)c1.Fc1ccccc1.Fc1ccccc1.Fc1ccccc1F.c1ccccc1. The topological polar surface area (TPSA) is 9.23 Å². The van der Waals surface area contributed by atoms with Crippen molar-refractivity contribution in [3.05, 3.63) is 193 Å². The molecule has 2 aliphatic carbocycles. The van der Waals surface area contributed by atoms with Gasteiger partial charge in [-0.05, 0) is 93.5 Å². The van der Waals surface area contributed by atoms with Crippen LogP contribution in [0.5, 0.6) is 0 Å². The van der Waals surface area contributed by atoms with Gasteiger partial charge in [-0.25, -0.2) is 26.3 Å². The van der Waals surface area contributed by atoms with Crippen molar-refractivity contribution in [2.75, 3.05) is 13.2 Å². The molecule has 54 heavy (non-hydrogen) atoms. The molecule has 0 radical (unpaired) electrons. The minimum Gasteiger partial charge on any atom is -0.381 e.